The highest BCUT2D eigenvalue weighted by molar-refractivity contribution is 5.97. The Morgan fingerprint density at radius 3 is 2.22 bits per heavy atom. The first-order chi connectivity index (χ1) is 8.62. The molecule has 1 aromatic rings. The summed E-state index contributed by atoms with van der Waals surface area (Å²) in [5.74, 6) is 0.913. The van der Waals surface area contributed by atoms with E-state index in [0.29, 0.717) is 0 Å². The second kappa shape index (κ2) is 6.84. The first kappa shape index (κ1) is 14.3. The summed E-state index contributed by atoms with van der Waals surface area (Å²) in [4.78, 5) is 13.9. The van der Waals surface area contributed by atoms with E-state index in [4.69, 9.17) is 4.74 Å². The molecule has 0 bridgehead atoms. The van der Waals surface area contributed by atoms with E-state index in [1.54, 1.807) is 7.11 Å². The van der Waals surface area contributed by atoms with Crippen LogP contribution in [0.4, 0.5) is 0 Å². The quantitative estimate of drug-likeness (QED) is 0.749. The smallest absolute Gasteiger partial charge is 0.249 e. The molecule has 0 spiro atoms. The Hall–Kier alpha value is -1.77. The number of methoxy groups -OCH3 is 1. The van der Waals surface area contributed by atoms with Gasteiger partial charge in [0.2, 0.25) is 5.91 Å². The van der Waals surface area contributed by atoms with Crippen LogP contribution in [0.25, 0.3) is 6.08 Å². The molecule has 1 amide bonds. The summed E-state index contributed by atoms with van der Waals surface area (Å²) in [5, 5.41) is 0. The minimum Gasteiger partial charge on any atom is -0.497 e. The summed E-state index contributed by atoms with van der Waals surface area (Å²) in [6, 6.07) is 7.66. The molecule has 0 heterocycles. The van der Waals surface area contributed by atoms with E-state index in [-0.39, 0.29) is 5.91 Å². The van der Waals surface area contributed by atoms with Gasteiger partial charge in [-0.15, -0.1) is 0 Å². The number of rotatable bonds is 5. The molecule has 0 unspecified atom stereocenters. The third-order valence-corrected chi connectivity index (χ3v) is 2.89. The zero-order valence-corrected chi connectivity index (χ0v) is 11.6. The maximum Gasteiger partial charge on any atom is 0.249 e. The van der Waals surface area contributed by atoms with Crippen molar-refractivity contribution in [2.45, 2.75) is 20.8 Å². The number of hydrogen-bond donors (Lipinski definition) is 0. The van der Waals surface area contributed by atoms with Crippen LogP contribution in [-0.4, -0.2) is 31.0 Å². The van der Waals surface area contributed by atoms with Crippen molar-refractivity contribution >= 4 is 12.0 Å². The predicted molar refractivity (Wildman–Crippen MR) is 74.6 cm³/mol. The Kier molecular flexibility index (Phi) is 5.43. The lowest BCUT2D eigenvalue weighted by atomic mass is 10.1. The fourth-order valence-corrected chi connectivity index (χ4v) is 1.77. The molecule has 3 nitrogen and oxygen atoms in total. The number of carbonyl (C=O) groups excluding carboxylic acids is 1. The SMILES string of the molecule is CCN(CC)C(=O)/C(C)=C\c1ccc(OC)cc1. The van der Waals surface area contributed by atoms with Crippen molar-refractivity contribution in [1.82, 2.24) is 4.90 Å². The number of carbonyl (C=O) groups is 1. The highest BCUT2D eigenvalue weighted by atomic mass is 16.5. The van der Waals surface area contributed by atoms with Crippen LogP contribution in [0.2, 0.25) is 0 Å². The van der Waals surface area contributed by atoms with Crippen molar-refractivity contribution in [3.63, 3.8) is 0 Å². The minimum atomic E-state index is 0.0934. The second-order valence-corrected chi connectivity index (χ2v) is 4.08. The standard InChI is InChI=1S/C15H21NO2/c1-5-16(6-2)15(17)12(3)11-13-7-9-14(18-4)10-8-13/h7-11H,5-6H2,1-4H3/b12-11-. The number of amides is 1. The van der Waals surface area contributed by atoms with Gasteiger partial charge in [-0.05, 0) is 44.5 Å². The largest absolute Gasteiger partial charge is 0.497 e. The molecule has 0 N–H and O–H groups in total. The van der Waals surface area contributed by atoms with Gasteiger partial charge >= 0.3 is 0 Å². The van der Waals surface area contributed by atoms with E-state index >= 15 is 0 Å². The Balaban J connectivity index is 2.84. The topological polar surface area (TPSA) is 29.5 Å². The number of likely N-dealkylation sites (N-methyl/N-ethyl adjacent to an activating group) is 1. The summed E-state index contributed by atoms with van der Waals surface area (Å²) in [6.07, 6.45) is 1.90. The summed E-state index contributed by atoms with van der Waals surface area (Å²) >= 11 is 0. The maximum atomic E-state index is 12.1. The Morgan fingerprint density at radius 2 is 1.78 bits per heavy atom. The highest BCUT2D eigenvalue weighted by Crippen LogP contribution is 2.14. The van der Waals surface area contributed by atoms with Gasteiger partial charge in [-0.1, -0.05) is 12.1 Å². The van der Waals surface area contributed by atoms with Crippen molar-refractivity contribution < 1.29 is 9.53 Å². The van der Waals surface area contributed by atoms with Gasteiger partial charge in [0.05, 0.1) is 7.11 Å². The van der Waals surface area contributed by atoms with Crippen molar-refractivity contribution in [2.24, 2.45) is 0 Å². The normalized spacial score (nSPS) is 11.2. The van der Waals surface area contributed by atoms with E-state index in [9.17, 15) is 4.79 Å². The van der Waals surface area contributed by atoms with Crippen LogP contribution in [0.1, 0.15) is 26.3 Å². The average Bonchev–Trinajstić information content (AvgIpc) is 2.40. The molecule has 1 aromatic carbocycles. The van der Waals surface area contributed by atoms with Gasteiger partial charge in [-0.25, -0.2) is 0 Å². The molecule has 0 fully saturated rings. The van der Waals surface area contributed by atoms with Crippen molar-refractivity contribution in [3.8, 4) is 5.75 Å². The lowest BCUT2D eigenvalue weighted by Gasteiger charge is -2.18. The van der Waals surface area contributed by atoms with E-state index in [1.807, 2.05) is 56.0 Å². The predicted octanol–water partition coefficient (Wildman–Crippen LogP) is 2.97. The van der Waals surface area contributed by atoms with Crippen LogP contribution in [0.15, 0.2) is 29.8 Å². The molecule has 1 rings (SSSR count). The fourth-order valence-electron chi connectivity index (χ4n) is 1.77. The minimum absolute atomic E-state index is 0.0934. The summed E-state index contributed by atoms with van der Waals surface area (Å²) in [6.45, 7) is 7.31. The molecule has 3 heteroatoms. The van der Waals surface area contributed by atoms with Gasteiger partial charge in [0, 0.05) is 18.7 Å². The number of ether oxygens (including phenoxy) is 1. The van der Waals surface area contributed by atoms with Crippen molar-refractivity contribution in [2.75, 3.05) is 20.2 Å². The number of nitrogens with zero attached hydrogens (tertiary/aromatic N) is 1. The molecule has 0 saturated heterocycles. The monoisotopic (exact) mass is 247 g/mol. The molecular weight excluding hydrogens is 226 g/mol. The molecule has 18 heavy (non-hydrogen) atoms. The number of benzene rings is 1. The van der Waals surface area contributed by atoms with Crippen molar-refractivity contribution in [3.05, 3.63) is 35.4 Å². The van der Waals surface area contributed by atoms with Gasteiger partial charge in [-0.2, -0.15) is 0 Å². The summed E-state index contributed by atoms with van der Waals surface area (Å²) in [5.41, 5.74) is 1.76. The van der Waals surface area contributed by atoms with E-state index < -0.39 is 0 Å². The summed E-state index contributed by atoms with van der Waals surface area (Å²) < 4.78 is 5.10. The van der Waals surface area contributed by atoms with Crippen LogP contribution in [0, 0.1) is 0 Å². The van der Waals surface area contributed by atoms with E-state index in [1.165, 1.54) is 0 Å². The third kappa shape index (κ3) is 3.62. The van der Waals surface area contributed by atoms with Crippen LogP contribution in [0.3, 0.4) is 0 Å². The third-order valence-electron chi connectivity index (χ3n) is 2.89. The zero-order chi connectivity index (χ0) is 13.5. The Bertz CT molecular complexity index is 417. The first-order valence-electron chi connectivity index (χ1n) is 6.24. The average molecular weight is 247 g/mol. The van der Waals surface area contributed by atoms with Gasteiger partial charge in [0.1, 0.15) is 5.75 Å². The highest BCUT2D eigenvalue weighted by Gasteiger charge is 2.11. The summed E-state index contributed by atoms with van der Waals surface area (Å²) in [7, 11) is 1.64. The molecule has 0 radical (unpaired) electrons. The van der Waals surface area contributed by atoms with Gasteiger partial charge in [-0.3, -0.25) is 4.79 Å². The number of hydrogen-bond acceptors (Lipinski definition) is 2. The molecule has 98 valence electrons. The van der Waals surface area contributed by atoms with Gasteiger partial charge in [0.25, 0.3) is 0 Å². The van der Waals surface area contributed by atoms with Crippen LogP contribution in [-0.2, 0) is 4.79 Å². The van der Waals surface area contributed by atoms with Crippen LogP contribution >= 0.6 is 0 Å². The Morgan fingerprint density at radius 1 is 1.22 bits per heavy atom. The van der Waals surface area contributed by atoms with Crippen LogP contribution in [0.5, 0.6) is 5.75 Å². The second-order valence-electron chi connectivity index (χ2n) is 4.08. The molecular formula is C15H21NO2. The molecule has 0 aliphatic carbocycles. The molecule has 0 saturated carbocycles. The molecule has 0 atom stereocenters. The van der Waals surface area contributed by atoms with Gasteiger partial charge in [0.15, 0.2) is 0 Å². The van der Waals surface area contributed by atoms with E-state index in [0.717, 1.165) is 30.0 Å². The molecule has 0 aliphatic heterocycles. The zero-order valence-electron chi connectivity index (χ0n) is 11.6. The van der Waals surface area contributed by atoms with Crippen molar-refractivity contribution in [1.29, 1.82) is 0 Å². The lowest BCUT2D eigenvalue weighted by molar-refractivity contribution is -0.126. The maximum absolute atomic E-state index is 12.1. The molecule has 0 aliphatic rings. The van der Waals surface area contributed by atoms with Crippen LogP contribution < -0.4 is 4.74 Å². The van der Waals surface area contributed by atoms with E-state index in [2.05, 4.69) is 0 Å². The molecule has 0 aromatic heterocycles. The lowest BCUT2D eigenvalue weighted by Crippen LogP contribution is -2.30. The van der Waals surface area contributed by atoms with Gasteiger partial charge < -0.3 is 9.64 Å². The Labute approximate surface area is 109 Å². The fraction of sp³-hybridized carbons (Fsp3) is 0.400. The first-order valence-corrected chi connectivity index (χ1v) is 6.24.